The molecule has 0 fully saturated rings. The largest absolute Gasteiger partial charge is 0.290 e. The molecule has 0 spiro atoms. The summed E-state index contributed by atoms with van der Waals surface area (Å²) in [6.07, 6.45) is 7.94. The highest BCUT2D eigenvalue weighted by atomic mass is 16.1. The maximum absolute atomic E-state index is 11.4. The zero-order valence-corrected chi connectivity index (χ0v) is 14.9. The monoisotopic (exact) mass is 368 g/mol. The number of hydrogen-bond acceptors (Lipinski definition) is 4. The Morgan fingerprint density at radius 3 is 1.14 bits per heavy atom. The van der Waals surface area contributed by atoms with Crippen molar-refractivity contribution in [2.45, 2.75) is 0 Å². The van der Waals surface area contributed by atoms with E-state index in [0.29, 0.717) is 11.1 Å². The lowest BCUT2D eigenvalue weighted by Crippen LogP contribution is -2.06. The van der Waals surface area contributed by atoms with E-state index >= 15 is 0 Å². The van der Waals surface area contributed by atoms with Crippen molar-refractivity contribution in [3.8, 4) is 0 Å². The lowest BCUT2D eigenvalue weighted by Gasteiger charge is -2.05. The van der Waals surface area contributed by atoms with Gasteiger partial charge in [-0.2, -0.15) is 0 Å². The lowest BCUT2D eigenvalue weighted by atomic mass is 9.97. The first-order chi connectivity index (χ1) is 13.5. The molecule has 2 aliphatic carbocycles. The Kier molecular flexibility index (Phi) is 5.82. The van der Waals surface area contributed by atoms with E-state index < -0.39 is 0 Å². The molecule has 4 rings (SSSR count). The van der Waals surface area contributed by atoms with E-state index in [1.54, 1.807) is 0 Å². The van der Waals surface area contributed by atoms with Crippen molar-refractivity contribution < 1.29 is 19.2 Å². The third-order valence-corrected chi connectivity index (χ3v) is 4.07. The molecule has 0 aliphatic heterocycles. The Hall–Kier alpha value is -3.92. The highest BCUT2D eigenvalue weighted by Gasteiger charge is 2.15. The molecular formula is C24H16O4. The Bertz CT molecular complexity index is 965. The van der Waals surface area contributed by atoms with Crippen LogP contribution in [0.3, 0.4) is 0 Å². The summed E-state index contributed by atoms with van der Waals surface area (Å²) in [5, 5.41) is 0. The second-order valence-electron chi connectivity index (χ2n) is 6.05. The maximum Gasteiger partial charge on any atom is 0.186 e. The van der Waals surface area contributed by atoms with Gasteiger partial charge in [0.2, 0.25) is 0 Å². The minimum atomic E-state index is -0.136. The molecule has 0 amide bonds. The molecule has 0 radical (unpaired) electrons. The zero-order valence-electron chi connectivity index (χ0n) is 14.9. The SMILES string of the molecule is O=C1C=CC(=O)C(c2ccccc2)=C1.O=C1C=CC(=O)C(c2ccccc2)=C1. The molecule has 0 atom stereocenters. The van der Waals surface area contributed by atoms with E-state index in [9.17, 15) is 19.2 Å². The van der Waals surface area contributed by atoms with Crippen molar-refractivity contribution in [3.05, 3.63) is 108 Å². The third kappa shape index (κ3) is 4.62. The number of ketones is 4. The normalized spacial score (nSPS) is 15.6. The fourth-order valence-corrected chi connectivity index (χ4v) is 2.70. The Morgan fingerprint density at radius 1 is 0.429 bits per heavy atom. The first-order valence-electron chi connectivity index (χ1n) is 8.61. The molecule has 0 aromatic heterocycles. The van der Waals surface area contributed by atoms with Crippen molar-refractivity contribution in [1.29, 1.82) is 0 Å². The fraction of sp³-hybridized carbons (Fsp3) is 0. The molecule has 2 aliphatic rings. The molecule has 0 saturated heterocycles. The van der Waals surface area contributed by atoms with Crippen LogP contribution in [0.25, 0.3) is 11.1 Å². The first-order valence-corrected chi connectivity index (χ1v) is 8.61. The van der Waals surface area contributed by atoms with E-state index in [0.717, 1.165) is 11.1 Å². The van der Waals surface area contributed by atoms with Crippen LogP contribution in [-0.4, -0.2) is 23.1 Å². The summed E-state index contributed by atoms with van der Waals surface area (Å²) < 4.78 is 0. The number of carbonyl (C=O) groups excluding carboxylic acids is 4. The van der Waals surface area contributed by atoms with Crippen LogP contribution in [0.5, 0.6) is 0 Å². The summed E-state index contributed by atoms with van der Waals surface area (Å²) in [6.45, 7) is 0. The fourth-order valence-electron chi connectivity index (χ4n) is 2.70. The predicted molar refractivity (Wildman–Crippen MR) is 107 cm³/mol. The lowest BCUT2D eigenvalue weighted by molar-refractivity contribution is -0.113. The average molecular weight is 368 g/mol. The average Bonchev–Trinajstić information content (AvgIpc) is 2.73. The number of carbonyl (C=O) groups is 4. The van der Waals surface area contributed by atoms with Crippen molar-refractivity contribution >= 4 is 34.3 Å². The van der Waals surface area contributed by atoms with Gasteiger partial charge >= 0.3 is 0 Å². The van der Waals surface area contributed by atoms with E-state index in [1.807, 2.05) is 60.7 Å². The van der Waals surface area contributed by atoms with Gasteiger partial charge in [-0.15, -0.1) is 0 Å². The van der Waals surface area contributed by atoms with Crippen LogP contribution in [0.4, 0.5) is 0 Å². The minimum Gasteiger partial charge on any atom is -0.290 e. The summed E-state index contributed by atoms with van der Waals surface area (Å²) >= 11 is 0. The highest BCUT2D eigenvalue weighted by molar-refractivity contribution is 6.34. The van der Waals surface area contributed by atoms with Crippen LogP contribution >= 0.6 is 0 Å². The van der Waals surface area contributed by atoms with E-state index in [-0.39, 0.29) is 23.1 Å². The van der Waals surface area contributed by atoms with E-state index in [1.165, 1.54) is 36.5 Å². The van der Waals surface area contributed by atoms with Crippen LogP contribution in [0.2, 0.25) is 0 Å². The predicted octanol–water partition coefficient (Wildman–Crippen LogP) is 3.56. The van der Waals surface area contributed by atoms with Crippen LogP contribution < -0.4 is 0 Å². The van der Waals surface area contributed by atoms with E-state index in [4.69, 9.17) is 0 Å². The minimum absolute atomic E-state index is 0.115. The molecular weight excluding hydrogens is 352 g/mol. The van der Waals surface area contributed by atoms with Gasteiger partial charge in [0, 0.05) is 11.1 Å². The van der Waals surface area contributed by atoms with Gasteiger partial charge in [0.1, 0.15) is 0 Å². The van der Waals surface area contributed by atoms with Crippen LogP contribution in [0.15, 0.2) is 97.1 Å². The topological polar surface area (TPSA) is 68.3 Å². The van der Waals surface area contributed by atoms with Crippen molar-refractivity contribution in [3.63, 3.8) is 0 Å². The maximum atomic E-state index is 11.4. The highest BCUT2D eigenvalue weighted by Crippen LogP contribution is 2.19. The first kappa shape index (κ1) is 18.9. The Labute approximate surface area is 162 Å². The van der Waals surface area contributed by atoms with Crippen LogP contribution in [0.1, 0.15) is 11.1 Å². The third-order valence-electron chi connectivity index (χ3n) is 4.07. The summed E-state index contributed by atoms with van der Waals surface area (Å²) in [4.78, 5) is 45.0. The van der Waals surface area contributed by atoms with Gasteiger partial charge in [0.15, 0.2) is 23.1 Å². The molecule has 4 heteroatoms. The molecule has 0 unspecified atom stereocenters. The summed E-state index contributed by atoms with van der Waals surface area (Å²) in [5.41, 5.74) is 2.52. The molecule has 0 saturated carbocycles. The van der Waals surface area contributed by atoms with Gasteiger partial charge in [-0.25, -0.2) is 0 Å². The van der Waals surface area contributed by atoms with Crippen molar-refractivity contribution in [2.75, 3.05) is 0 Å². The smallest absolute Gasteiger partial charge is 0.186 e. The second kappa shape index (κ2) is 8.64. The van der Waals surface area contributed by atoms with Gasteiger partial charge in [0.05, 0.1) is 0 Å². The molecule has 28 heavy (non-hydrogen) atoms. The standard InChI is InChI=1S/2C12H8O2/c2*13-10-6-7-12(14)11(8-10)9-4-2-1-3-5-9/h2*1-8H. The second-order valence-corrected chi connectivity index (χ2v) is 6.05. The molecule has 0 bridgehead atoms. The number of allylic oxidation sites excluding steroid dienone is 8. The number of hydrogen-bond donors (Lipinski definition) is 0. The van der Waals surface area contributed by atoms with Gasteiger partial charge < -0.3 is 0 Å². The van der Waals surface area contributed by atoms with Gasteiger partial charge in [-0.1, -0.05) is 60.7 Å². The molecule has 2 aromatic carbocycles. The zero-order chi connectivity index (χ0) is 19.9. The molecule has 136 valence electrons. The summed E-state index contributed by atoms with van der Waals surface area (Å²) in [6, 6.07) is 18.4. The summed E-state index contributed by atoms with van der Waals surface area (Å²) in [5.74, 6) is -0.501. The number of rotatable bonds is 2. The van der Waals surface area contributed by atoms with Gasteiger partial charge in [-0.3, -0.25) is 19.2 Å². The molecule has 2 aromatic rings. The number of benzene rings is 2. The quantitative estimate of drug-likeness (QED) is 0.760. The van der Waals surface area contributed by atoms with Crippen molar-refractivity contribution in [2.24, 2.45) is 0 Å². The van der Waals surface area contributed by atoms with Gasteiger partial charge in [-0.05, 0) is 47.6 Å². The van der Waals surface area contributed by atoms with Gasteiger partial charge in [0.25, 0.3) is 0 Å². The molecule has 4 nitrogen and oxygen atoms in total. The summed E-state index contributed by atoms with van der Waals surface area (Å²) in [7, 11) is 0. The Balaban J connectivity index is 0.000000161. The molecule has 0 heterocycles. The van der Waals surface area contributed by atoms with Crippen LogP contribution in [0, 0.1) is 0 Å². The molecule has 0 N–H and O–H groups in total. The van der Waals surface area contributed by atoms with Crippen LogP contribution in [-0.2, 0) is 19.2 Å². The Morgan fingerprint density at radius 2 is 0.786 bits per heavy atom. The van der Waals surface area contributed by atoms with E-state index in [2.05, 4.69) is 0 Å². The van der Waals surface area contributed by atoms with Crippen molar-refractivity contribution in [1.82, 2.24) is 0 Å².